The minimum atomic E-state index is -0.296. The summed E-state index contributed by atoms with van der Waals surface area (Å²) in [6.45, 7) is 0. The Morgan fingerprint density at radius 3 is 2.91 bits per heavy atom. The van der Waals surface area contributed by atoms with Gasteiger partial charge in [-0.25, -0.2) is 4.98 Å². The van der Waals surface area contributed by atoms with Crippen molar-refractivity contribution in [1.82, 2.24) is 4.98 Å². The second-order valence-electron chi connectivity index (χ2n) is 3.05. The molecule has 3 heteroatoms. The summed E-state index contributed by atoms with van der Waals surface area (Å²) < 4.78 is 0. The molecule has 1 heterocycles. The lowest BCUT2D eigenvalue weighted by Gasteiger charge is -2.29. The van der Waals surface area contributed by atoms with Crippen LogP contribution < -0.4 is 0 Å². The Labute approximate surface area is 69.9 Å². The molecule has 2 rings (SSSR count). The highest BCUT2D eigenvalue weighted by Crippen LogP contribution is 2.37. The Balaban J connectivity index is 2.04. The van der Waals surface area contributed by atoms with E-state index in [4.69, 9.17) is 0 Å². The van der Waals surface area contributed by atoms with Crippen molar-refractivity contribution in [2.45, 2.75) is 25.4 Å². The maximum Gasteiger partial charge on any atom is 0.0996 e. The number of aliphatic hydroxyl groups excluding tert-OH is 1. The third-order valence-electron chi connectivity index (χ3n) is 2.35. The average molecular weight is 169 g/mol. The molecule has 0 amide bonds. The molecule has 0 radical (unpaired) electrons. The van der Waals surface area contributed by atoms with Gasteiger partial charge >= 0.3 is 0 Å². The first-order valence-corrected chi connectivity index (χ1v) is 4.88. The van der Waals surface area contributed by atoms with Crippen LogP contribution in [0.15, 0.2) is 10.9 Å². The molecule has 1 aromatic rings. The van der Waals surface area contributed by atoms with Gasteiger partial charge in [-0.15, -0.1) is 11.3 Å². The lowest BCUT2D eigenvalue weighted by molar-refractivity contribution is 0.0591. The second-order valence-corrected chi connectivity index (χ2v) is 3.77. The number of aromatic nitrogens is 1. The zero-order valence-corrected chi connectivity index (χ0v) is 7.05. The van der Waals surface area contributed by atoms with Gasteiger partial charge in [0.2, 0.25) is 0 Å². The van der Waals surface area contributed by atoms with Crippen LogP contribution in [0, 0.1) is 5.92 Å². The standard InChI is InChI=1S/C8H11NOS/c10-8(6-2-1-3-6)7-4-11-5-9-7/h4-6,8,10H,1-3H2. The van der Waals surface area contributed by atoms with Gasteiger partial charge in [-0.2, -0.15) is 0 Å². The van der Waals surface area contributed by atoms with Crippen LogP contribution in [0.1, 0.15) is 31.1 Å². The van der Waals surface area contributed by atoms with Gasteiger partial charge < -0.3 is 5.11 Å². The van der Waals surface area contributed by atoms with Gasteiger partial charge in [0, 0.05) is 5.38 Å². The smallest absolute Gasteiger partial charge is 0.0996 e. The van der Waals surface area contributed by atoms with E-state index in [1.54, 1.807) is 16.8 Å². The van der Waals surface area contributed by atoms with Gasteiger partial charge in [-0.05, 0) is 18.8 Å². The Kier molecular flexibility index (Phi) is 1.92. The zero-order chi connectivity index (χ0) is 7.68. The van der Waals surface area contributed by atoms with Crippen LogP contribution in [-0.2, 0) is 0 Å². The molecule has 1 N–H and O–H groups in total. The SMILES string of the molecule is OC(c1cscn1)C1CCC1. The molecular formula is C8H11NOS. The highest BCUT2D eigenvalue weighted by Gasteiger charge is 2.27. The Morgan fingerprint density at radius 1 is 1.64 bits per heavy atom. The molecular weight excluding hydrogens is 158 g/mol. The molecule has 1 saturated carbocycles. The third kappa shape index (κ3) is 1.30. The first kappa shape index (κ1) is 7.25. The number of thiazole rings is 1. The maximum absolute atomic E-state index is 9.67. The summed E-state index contributed by atoms with van der Waals surface area (Å²) in [6, 6.07) is 0. The molecule has 0 aromatic carbocycles. The summed E-state index contributed by atoms with van der Waals surface area (Å²) >= 11 is 1.55. The molecule has 1 aliphatic rings. The summed E-state index contributed by atoms with van der Waals surface area (Å²) in [5, 5.41) is 11.6. The van der Waals surface area contributed by atoms with Crippen LogP contribution >= 0.6 is 11.3 Å². The van der Waals surface area contributed by atoms with Crippen molar-refractivity contribution in [3.63, 3.8) is 0 Å². The van der Waals surface area contributed by atoms with Crippen molar-refractivity contribution in [3.8, 4) is 0 Å². The Hall–Kier alpha value is -0.410. The van der Waals surface area contributed by atoms with E-state index in [0.29, 0.717) is 5.92 Å². The first-order chi connectivity index (χ1) is 5.38. The summed E-state index contributed by atoms with van der Waals surface area (Å²) in [4.78, 5) is 4.09. The van der Waals surface area contributed by atoms with E-state index in [1.807, 2.05) is 5.38 Å². The van der Waals surface area contributed by atoms with E-state index in [0.717, 1.165) is 5.69 Å². The van der Waals surface area contributed by atoms with Crippen molar-refractivity contribution >= 4 is 11.3 Å². The van der Waals surface area contributed by atoms with Crippen molar-refractivity contribution in [3.05, 3.63) is 16.6 Å². The van der Waals surface area contributed by atoms with Crippen molar-refractivity contribution in [2.75, 3.05) is 0 Å². The van der Waals surface area contributed by atoms with E-state index in [2.05, 4.69) is 4.98 Å². The van der Waals surface area contributed by atoms with E-state index in [9.17, 15) is 5.11 Å². The first-order valence-electron chi connectivity index (χ1n) is 3.94. The normalized spacial score (nSPS) is 21.2. The molecule has 0 bridgehead atoms. The Morgan fingerprint density at radius 2 is 2.45 bits per heavy atom. The fraction of sp³-hybridized carbons (Fsp3) is 0.625. The van der Waals surface area contributed by atoms with Crippen molar-refractivity contribution in [2.24, 2.45) is 5.92 Å². The minimum Gasteiger partial charge on any atom is -0.386 e. The second kappa shape index (κ2) is 2.91. The predicted octanol–water partition coefficient (Wildman–Crippen LogP) is 1.98. The molecule has 1 atom stereocenters. The minimum absolute atomic E-state index is 0.296. The summed E-state index contributed by atoms with van der Waals surface area (Å²) in [6.07, 6.45) is 3.30. The number of aliphatic hydroxyl groups is 1. The van der Waals surface area contributed by atoms with Crippen LogP contribution in [0.2, 0.25) is 0 Å². The zero-order valence-electron chi connectivity index (χ0n) is 6.23. The van der Waals surface area contributed by atoms with Crippen LogP contribution in [0.5, 0.6) is 0 Å². The molecule has 1 aliphatic carbocycles. The van der Waals surface area contributed by atoms with Gasteiger partial charge in [-0.1, -0.05) is 6.42 Å². The van der Waals surface area contributed by atoms with Crippen LogP contribution in [-0.4, -0.2) is 10.1 Å². The van der Waals surface area contributed by atoms with E-state index in [-0.39, 0.29) is 6.10 Å². The van der Waals surface area contributed by atoms with Crippen LogP contribution in [0.4, 0.5) is 0 Å². The highest BCUT2D eigenvalue weighted by molar-refractivity contribution is 7.07. The monoisotopic (exact) mass is 169 g/mol. The van der Waals surface area contributed by atoms with Gasteiger partial charge in [0.15, 0.2) is 0 Å². The van der Waals surface area contributed by atoms with Gasteiger partial charge in [0.25, 0.3) is 0 Å². The lowest BCUT2D eigenvalue weighted by atomic mass is 9.80. The van der Waals surface area contributed by atoms with Crippen LogP contribution in [0.25, 0.3) is 0 Å². The molecule has 0 spiro atoms. The lowest BCUT2D eigenvalue weighted by Crippen LogP contribution is -2.20. The maximum atomic E-state index is 9.67. The van der Waals surface area contributed by atoms with Crippen molar-refractivity contribution in [1.29, 1.82) is 0 Å². The topological polar surface area (TPSA) is 33.1 Å². The fourth-order valence-electron chi connectivity index (χ4n) is 1.36. The molecule has 1 aromatic heterocycles. The number of nitrogens with zero attached hydrogens (tertiary/aromatic N) is 1. The van der Waals surface area contributed by atoms with Crippen LogP contribution in [0.3, 0.4) is 0 Å². The van der Waals surface area contributed by atoms with Gasteiger partial charge in [0.05, 0.1) is 17.3 Å². The molecule has 11 heavy (non-hydrogen) atoms. The largest absolute Gasteiger partial charge is 0.386 e. The average Bonchev–Trinajstić information content (AvgIpc) is 2.32. The van der Waals surface area contributed by atoms with Gasteiger partial charge in [-0.3, -0.25) is 0 Å². The van der Waals surface area contributed by atoms with E-state index in [1.165, 1.54) is 19.3 Å². The fourth-order valence-corrected chi connectivity index (χ4v) is 1.95. The Bertz CT molecular complexity index is 218. The quantitative estimate of drug-likeness (QED) is 0.734. The number of rotatable bonds is 2. The van der Waals surface area contributed by atoms with E-state index < -0.39 is 0 Å². The summed E-state index contributed by atoms with van der Waals surface area (Å²) in [7, 11) is 0. The predicted molar refractivity (Wildman–Crippen MR) is 44.4 cm³/mol. The molecule has 0 aliphatic heterocycles. The number of hydrogen-bond donors (Lipinski definition) is 1. The number of hydrogen-bond acceptors (Lipinski definition) is 3. The van der Waals surface area contributed by atoms with Crippen molar-refractivity contribution < 1.29 is 5.11 Å². The van der Waals surface area contributed by atoms with E-state index >= 15 is 0 Å². The summed E-state index contributed by atoms with van der Waals surface area (Å²) in [5.74, 6) is 0.483. The molecule has 2 nitrogen and oxygen atoms in total. The molecule has 0 saturated heterocycles. The third-order valence-corrected chi connectivity index (χ3v) is 2.96. The molecule has 1 fully saturated rings. The molecule has 1 unspecified atom stereocenters. The van der Waals surface area contributed by atoms with Gasteiger partial charge in [0.1, 0.15) is 0 Å². The highest BCUT2D eigenvalue weighted by atomic mass is 32.1. The molecule has 60 valence electrons. The summed E-state index contributed by atoms with van der Waals surface area (Å²) in [5.41, 5.74) is 2.64.